The molecule has 118 valence electrons. The number of aromatic amines is 1. The standard InChI is InChI=1S/C16H22N4OS/c1-2-4-14-13(3-1)18-15(19-14)17-11-16(5-10-22-12-16)20-6-8-21-9-7-20/h1-4H,5-12H2,(H2,17,18,19). The lowest BCUT2D eigenvalue weighted by atomic mass is 9.95. The molecule has 0 saturated carbocycles. The van der Waals surface area contributed by atoms with Gasteiger partial charge in [-0.2, -0.15) is 11.8 Å². The summed E-state index contributed by atoms with van der Waals surface area (Å²) in [4.78, 5) is 10.6. The van der Waals surface area contributed by atoms with Gasteiger partial charge in [-0.3, -0.25) is 4.90 Å². The summed E-state index contributed by atoms with van der Waals surface area (Å²) in [6.45, 7) is 4.75. The number of hydrogen-bond acceptors (Lipinski definition) is 5. The highest BCUT2D eigenvalue weighted by Crippen LogP contribution is 2.34. The molecule has 0 amide bonds. The lowest BCUT2D eigenvalue weighted by Crippen LogP contribution is -2.57. The highest BCUT2D eigenvalue weighted by molar-refractivity contribution is 7.99. The van der Waals surface area contributed by atoms with Crippen LogP contribution in [0, 0.1) is 0 Å². The lowest BCUT2D eigenvalue weighted by Gasteiger charge is -2.43. The van der Waals surface area contributed by atoms with Gasteiger partial charge in [0, 0.05) is 30.9 Å². The Morgan fingerprint density at radius 2 is 2.18 bits per heavy atom. The van der Waals surface area contributed by atoms with Gasteiger partial charge in [0.1, 0.15) is 0 Å². The number of hydrogen-bond donors (Lipinski definition) is 2. The smallest absolute Gasteiger partial charge is 0.201 e. The molecule has 0 radical (unpaired) electrons. The summed E-state index contributed by atoms with van der Waals surface area (Å²) in [7, 11) is 0. The summed E-state index contributed by atoms with van der Waals surface area (Å²) < 4.78 is 5.52. The monoisotopic (exact) mass is 318 g/mol. The zero-order valence-electron chi connectivity index (χ0n) is 12.7. The third-order valence-electron chi connectivity index (χ3n) is 4.74. The topological polar surface area (TPSA) is 53.2 Å². The van der Waals surface area contributed by atoms with E-state index in [1.54, 1.807) is 0 Å². The number of aromatic nitrogens is 2. The first kappa shape index (κ1) is 14.4. The highest BCUT2D eigenvalue weighted by Gasteiger charge is 2.40. The van der Waals surface area contributed by atoms with Crippen molar-refractivity contribution in [3.8, 4) is 0 Å². The van der Waals surface area contributed by atoms with Crippen molar-refractivity contribution in [3.63, 3.8) is 0 Å². The fourth-order valence-corrected chi connectivity index (χ4v) is 4.90. The molecule has 2 fully saturated rings. The molecule has 5 nitrogen and oxygen atoms in total. The summed E-state index contributed by atoms with van der Waals surface area (Å²) in [5.41, 5.74) is 2.35. The molecule has 22 heavy (non-hydrogen) atoms. The first-order valence-corrected chi connectivity index (χ1v) is 9.10. The number of anilines is 1. The summed E-state index contributed by atoms with van der Waals surface area (Å²) in [5, 5.41) is 3.55. The maximum absolute atomic E-state index is 5.52. The van der Waals surface area contributed by atoms with Crippen LogP contribution in [-0.2, 0) is 4.74 Å². The molecule has 0 bridgehead atoms. The molecule has 2 aromatic rings. The maximum Gasteiger partial charge on any atom is 0.201 e. The molecule has 1 aromatic heterocycles. The summed E-state index contributed by atoms with van der Waals surface area (Å²) >= 11 is 2.06. The first-order chi connectivity index (χ1) is 10.9. The molecule has 2 aliphatic rings. The second-order valence-corrected chi connectivity index (χ2v) is 7.19. The number of nitrogens with zero attached hydrogens (tertiary/aromatic N) is 2. The molecule has 2 aliphatic heterocycles. The minimum absolute atomic E-state index is 0.243. The second kappa shape index (κ2) is 6.10. The van der Waals surface area contributed by atoms with Gasteiger partial charge in [0.25, 0.3) is 0 Å². The molecule has 6 heteroatoms. The number of H-pyrrole nitrogens is 1. The van der Waals surface area contributed by atoms with Crippen LogP contribution in [-0.4, -0.2) is 64.8 Å². The Morgan fingerprint density at radius 1 is 1.32 bits per heavy atom. The van der Waals surface area contributed by atoms with E-state index in [4.69, 9.17) is 4.74 Å². The number of fused-ring (bicyclic) bond motifs is 1. The van der Waals surface area contributed by atoms with Crippen molar-refractivity contribution in [2.75, 3.05) is 49.7 Å². The minimum atomic E-state index is 0.243. The zero-order chi connectivity index (χ0) is 14.8. The normalized spacial score (nSPS) is 26.5. The average molecular weight is 318 g/mol. The Balaban J connectivity index is 1.49. The van der Waals surface area contributed by atoms with E-state index >= 15 is 0 Å². The molecule has 2 saturated heterocycles. The van der Waals surface area contributed by atoms with E-state index in [2.05, 4.69) is 38.0 Å². The summed E-state index contributed by atoms with van der Waals surface area (Å²) in [6, 6.07) is 8.17. The summed E-state index contributed by atoms with van der Waals surface area (Å²) in [5.74, 6) is 3.32. The molecule has 1 aromatic carbocycles. The predicted octanol–water partition coefficient (Wildman–Crippen LogP) is 2.18. The van der Waals surface area contributed by atoms with Crippen LogP contribution in [0.2, 0.25) is 0 Å². The number of thioether (sulfide) groups is 1. The quantitative estimate of drug-likeness (QED) is 0.905. The van der Waals surface area contributed by atoms with E-state index in [-0.39, 0.29) is 5.54 Å². The second-order valence-electron chi connectivity index (χ2n) is 6.08. The van der Waals surface area contributed by atoms with Gasteiger partial charge in [-0.25, -0.2) is 4.98 Å². The SMILES string of the molecule is c1ccc2[nH]c(NCC3(N4CCOCC4)CCSC3)nc2c1. The lowest BCUT2D eigenvalue weighted by molar-refractivity contribution is -0.00924. The maximum atomic E-state index is 5.52. The van der Waals surface area contributed by atoms with Crippen LogP contribution < -0.4 is 5.32 Å². The van der Waals surface area contributed by atoms with Gasteiger partial charge >= 0.3 is 0 Å². The molecule has 3 heterocycles. The highest BCUT2D eigenvalue weighted by atomic mass is 32.2. The van der Waals surface area contributed by atoms with Crippen LogP contribution >= 0.6 is 11.8 Å². The largest absolute Gasteiger partial charge is 0.379 e. The average Bonchev–Trinajstić information content (AvgIpc) is 3.21. The number of para-hydroxylation sites is 2. The molecule has 0 aliphatic carbocycles. The Hall–Kier alpha value is -1.24. The molecular weight excluding hydrogens is 296 g/mol. The van der Waals surface area contributed by atoms with E-state index in [0.29, 0.717) is 0 Å². The third kappa shape index (κ3) is 2.71. The molecule has 1 unspecified atom stereocenters. The number of nitrogens with one attached hydrogen (secondary N) is 2. The first-order valence-electron chi connectivity index (χ1n) is 7.95. The van der Waals surface area contributed by atoms with Gasteiger partial charge in [-0.05, 0) is 24.3 Å². The number of morpholine rings is 1. The molecule has 2 N–H and O–H groups in total. The third-order valence-corrected chi connectivity index (χ3v) is 5.97. The van der Waals surface area contributed by atoms with Crippen molar-refractivity contribution >= 4 is 28.7 Å². The molecule has 1 atom stereocenters. The van der Waals surface area contributed by atoms with Crippen LogP contribution in [0.25, 0.3) is 11.0 Å². The van der Waals surface area contributed by atoms with Crippen molar-refractivity contribution in [2.45, 2.75) is 12.0 Å². The Bertz CT molecular complexity index is 599. The van der Waals surface area contributed by atoms with Crippen molar-refractivity contribution in [1.29, 1.82) is 0 Å². The molecule has 4 rings (SSSR count). The van der Waals surface area contributed by atoms with Gasteiger partial charge in [0.05, 0.1) is 24.2 Å². The summed E-state index contributed by atoms with van der Waals surface area (Å²) in [6.07, 6.45) is 1.24. The van der Waals surface area contributed by atoms with Gasteiger partial charge in [0.2, 0.25) is 5.95 Å². The van der Waals surface area contributed by atoms with Gasteiger partial charge < -0.3 is 15.0 Å². The van der Waals surface area contributed by atoms with Crippen LogP contribution in [0.3, 0.4) is 0 Å². The van der Waals surface area contributed by atoms with Crippen molar-refractivity contribution in [1.82, 2.24) is 14.9 Å². The zero-order valence-corrected chi connectivity index (χ0v) is 13.5. The van der Waals surface area contributed by atoms with E-state index in [1.807, 2.05) is 18.2 Å². The van der Waals surface area contributed by atoms with Gasteiger partial charge in [-0.15, -0.1) is 0 Å². The number of benzene rings is 1. The van der Waals surface area contributed by atoms with Crippen molar-refractivity contribution in [3.05, 3.63) is 24.3 Å². The molecule has 0 spiro atoms. The predicted molar refractivity (Wildman–Crippen MR) is 91.6 cm³/mol. The fourth-order valence-electron chi connectivity index (χ4n) is 3.42. The van der Waals surface area contributed by atoms with Crippen molar-refractivity contribution < 1.29 is 4.74 Å². The number of rotatable bonds is 4. The van der Waals surface area contributed by atoms with Crippen LogP contribution in [0.1, 0.15) is 6.42 Å². The Kier molecular flexibility index (Phi) is 3.98. The minimum Gasteiger partial charge on any atom is -0.379 e. The number of ether oxygens (including phenoxy) is 1. The van der Waals surface area contributed by atoms with Crippen LogP contribution in [0.15, 0.2) is 24.3 Å². The van der Waals surface area contributed by atoms with Gasteiger partial charge in [-0.1, -0.05) is 12.1 Å². The Labute approximate surface area is 134 Å². The molecular formula is C16H22N4OS. The van der Waals surface area contributed by atoms with Crippen LogP contribution in [0.4, 0.5) is 5.95 Å². The van der Waals surface area contributed by atoms with Gasteiger partial charge in [0.15, 0.2) is 0 Å². The van der Waals surface area contributed by atoms with Crippen molar-refractivity contribution in [2.24, 2.45) is 0 Å². The van der Waals surface area contributed by atoms with E-state index in [0.717, 1.165) is 49.8 Å². The van der Waals surface area contributed by atoms with E-state index in [9.17, 15) is 0 Å². The van der Waals surface area contributed by atoms with E-state index < -0.39 is 0 Å². The van der Waals surface area contributed by atoms with Crippen LogP contribution in [0.5, 0.6) is 0 Å². The van der Waals surface area contributed by atoms with E-state index in [1.165, 1.54) is 17.9 Å². The Morgan fingerprint density at radius 3 is 2.95 bits per heavy atom. The fraction of sp³-hybridized carbons (Fsp3) is 0.562. The number of imidazole rings is 1.